The van der Waals surface area contributed by atoms with Crippen LogP contribution >= 0.6 is 15.9 Å². The lowest BCUT2D eigenvalue weighted by Crippen LogP contribution is -2.34. The summed E-state index contributed by atoms with van der Waals surface area (Å²) in [5, 5.41) is 0. The fourth-order valence-corrected chi connectivity index (χ4v) is 5.04. The maximum atomic E-state index is 12.7. The van der Waals surface area contributed by atoms with Crippen LogP contribution in [0.3, 0.4) is 0 Å². The monoisotopic (exact) mass is 374 g/mol. The molecule has 21 heavy (non-hydrogen) atoms. The lowest BCUT2D eigenvalue weighted by Gasteiger charge is -2.18. The van der Waals surface area contributed by atoms with Crippen molar-refractivity contribution >= 4 is 26.0 Å². The predicted octanol–water partition coefficient (Wildman–Crippen LogP) is 3.22. The van der Waals surface area contributed by atoms with Crippen molar-refractivity contribution in [3.05, 3.63) is 27.7 Å². The van der Waals surface area contributed by atoms with Crippen molar-refractivity contribution in [3.8, 4) is 0 Å². The average Bonchev–Trinajstić information content (AvgIpc) is 2.69. The van der Waals surface area contributed by atoms with Gasteiger partial charge in [-0.2, -0.15) is 0 Å². The van der Waals surface area contributed by atoms with Crippen molar-refractivity contribution in [2.75, 3.05) is 0 Å². The Morgan fingerprint density at radius 3 is 2.43 bits per heavy atom. The van der Waals surface area contributed by atoms with Crippen LogP contribution < -0.4 is 10.5 Å². The van der Waals surface area contributed by atoms with Gasteiger partial charge in [-0.05, 0) is 43.0 Å². The predicted molar refractivity (Wildman–Crippen MR) is 88.6 cm³/mol. The number of hydrogen-bond acceptors (Lipinski definition) is 3. The Balaban J connectivity index is 2.28. The molecule has 118 valence electrons. The molecule has 0 unspecified atom stereocenters. The number of nitrogens with one attached hydrogen (secondary N) is 1. The normalized spacial score (nSPS) is 17.7. The van der Waals surface area contributed by atoms with Crippen LogP contribution in [0.2, 0.25) is 0 Å². The summed E-state index contributed by atoms with van der Waals surface area (Å²) in [5.74, 6) is 0. The highest BCUT2D eigenvalue weighted by Crippen LogP contribution is 2.27. The topological polar surface area (TPSA) is 72.2 Å². The highest BCUT2D eigenvalue weighted by atomic mass is 79.9. The number of rotatable bonds is 4. The van der Waals surface area contributed by atoms with E-state index in [9.17, 15) is 8.42 Å². The van der Waals surface area contributed by atoms with E-state index in [1.807, 2.05) is 13.0 Å². The smallest absolute Gasteiger partial charge is 0.241 e. The Kier molecular flexibility index (Phi) is 5.82. The minimum Gasteiger partial charge on any atom is -0.326 e. The third-order valence-corrected chi connectivity index (χ3v) is 6.53. The van der Waals surface area contributed by atoms with E-state index in [0.717, 1.165) is 41.3 Å². The average molecular weight is 375 g/mol. The fraction of sp³-hybridized carbons (Fsp3) is 0.600. The van der Waals surface area contributed by atoms with Gasteiger partial charge < -0.3 is 5.73 Å². The van der Waals surface area contributed by atoms with Crippen LogP contribution in [-0.2, 0) is 16.6 Å². The molecule has 1 aliphatic carbocycles. The molecule has 1 saturated carbocycles. The van der Waals surface area contributed by atoms with Gasteiger partial charge in [-0.25, -0.2) is 13.1 Å². The van der Waals surface area contributed by atoms with Crippen molar-refractivity contribution < 1.29 is 8.42 Å². The first-order valence-corrected chi connectivity index (χ1v) is 9.73. The van der Waals surface area contributed by atoms with E-state index in [1.165, 1.54) is 12.8 Å². The molecule has 0 heterocycles. The molecule has 1 aromatic rings. The van der Waals surface area contributed by atoms with Crippen LogP contribution in [0.4, 0.5) is 0 Å². The summed E-state index contributed by atoms with van der Waals surface area (Å²) in [4.78, 5) is 0.335. The zero-order chi connectivity index (χ0) is 15.5. The third kappa shape index (κ3) is 4.28. The van der Waals surface area contributed by atoms with Crippen LogP contribution in [0, 0.1) is 6.92 Å². The highest BCUT2D eigenvalue weighted by Gasteiger charge is 2.23. The molecule has 0 aromatic heterocycles. The fourth-order valence-electron chi connectivity index (χ4n) is 2.78. The Bertz CT molecular complexity index is 594. The second-order valence-electron chi connectivity index (χ2n) is 5.71. The standard InChI is InChI=1S/C15H23BrN2O2S/c1-11-14(16)8-12(10-17)9-15(11)21(19,20)18-13-6-4-2-3-5-7-13/h8-9,13,18H,2-7,10,17H2,1H3. The molecule has 0 amide bonds. The van der Waals surface area contributed by atoms with Gasteiger partial charge in [0.2, 0.25) is 10.0 Å². The molecule has 1 aromatic carbocycles. The molecule has 4 nitrogen and oxygen atoms in total. The molecule has 0 atom stereocenters. The van der Waals surface area contributed by atoms with Gasteiger partial charge in [0, 0.05) is 17.1 Å². The quantitative estimate of drug-likeness (QED) is 0.794. The van der Waals surface area contributed by atoms with E-state index in [1.54, 1.807) is 6.07 Å². The number of sulfonamides is 1. The van der Waals surface area contributed by atoms with Crippen molar-refractivity contribution in [1.29, 1.82) is 0 Å². The Morgan fingerprint density at radius 1 is 1.24 bits per heavy atom. The molecule has 3 N–H and O–H groups in total. The zero-order valence-corrected chi connectivity index (χ0v) is 14.8. The first-order valence-electron chi connectivity index (χ1n) is 7.45. The second-order valence-corrected chi connectivity index (χ2v) is 8.25. The summed E-state index contributed by atoms with van der Waals surface area (Å²) in [6.45, 7) is 2.14. The van der Waals surface area contributed by atoms with E-state index < -0.39 is 10.0 Å². The Labute approximate surface area is 135 Å². The van der Waals surface area contributed by atoms with E-state index in [4.69, 9.17) is 5.73 Å². The van der Waals surface area contributed by atoms with Gasteiger partial charge in [0.1, 0.15) is 0 Å². The maximum Gasteiger partial charge on any atom is 0.241 e. The minimum absolute atomic E-state index is 0.0530. The molecule has 0 aliphatic heterocycles. The lowest BCUT2D eigenvalue weighted by atomic mass is 10.1. The summed E-state index contributed by atoms with van der Waals surface area (Å²) >= 11 is 3.42. The van der Waals surface area contributed by atoms with Crippen LogP contribution in [0.5, 0.6) is 0 Å². The highest BCUT2D eigenvalue weighted by molar-refractivity contribution is 9.10. The SMILES string of the molecule is Cc1c(Br)cc(CN)cc1S(=O)(=O)NC1CCCCCC1. The summed E-state index contributed by atoms with van der Waals surface area (Å²) < 4.78 is 29.0. The Hall–Kier alpha value is -0.430. The van der Waals surface area contributed by atoms with Gasteiger partial charge in [-0.15, -0.1) is 0 Å². The van der Waals surface area contributed by atoms with E-state index in [0.29, 0.717) is 11.4 Å². The summed E-state index contributed by atoms with van der Waals surface area (Å²) in [5.41, 5.74) is 7.19. The first-order chi connectivity index (χ1) is 9.94. The lowest BCUT2D eigenvalue weighted by molar-refractivity contribution is 0.509. The molecule has 0 radical (unpaired) electrons. The molecule has 0 spiro atoms. The van der Waals surface area contributed by atoms with Crippen LogP contribution in [0.1, 0.15) is 49.7 Å². The number of nitrogens with two attached hydrogens (primary N) is 1. The molecule has 0 saturated heterocycles. The summed E-state index contributed by atoms with van der Waals surface area (Å²) in [7, 11) is -3.50. The number of hydrogen-bond donors (Lipinski definition) is 2. The number of halogens is 1. The van der Waals surface area contributed by atoms with Crippen molar-refractivity contribution in [1.82, 2.24) is 4.72 Å². The first kappa shape index (κ1) is 16.9. The number of benzene rings is 1. The van der Waals surface area contributed by atoms with Gasteiger partial charge >= 0.3 is 0 Å². The van der Waals surface area contributed by atoms with E-state index in [-0.39, 0.29) is 6.04 Å². The summed E-state index contributed by atoms with van der Waals surface area (Å²) in [6, 6.07) is 3.61. The molecular formula is C15H23BrN2O2S. The van der Waals surface area contributed by atoms with Gasteiger partial charge in [0.25, 0.3) is 0 Å². The van der Waals surface area contributed by atoms with E-state index in [2.05, 4.69) is 20.7 Å². The summed E-state index contributed by atoms with van der Waals surface area (Å²) in [6.07, 6.45) is 6.44. The van der Waals surface area contributed by atoms with Gasteiger partial charge in [0.15, 0.2) is 0 Å². The van der Waals surface area contributed by atoms with Gasteiger partial charge in [0.05, 0.1) is 4.90 Å². The maximum absolute atomic E-state index is 12.7. The van der Waals surface area contributed by atoms with Crippen molar-refractivity contribution in [3.63, 3.8) is 0 Å². The molecule has 6 heteroatoms. The van der Waals surface area contributed by atoms with Gasteiger partial charge in [-0.3, -0.25) is 0 Å². The van der Waals surface area contributed by atoms with Gasteiger partial charge in [-0.1, -0.05) is 41.6 Å². The van der Waals surface area contributed by atoms with Crippen molar-refractivity contribution in [2.24, 2.45) is 5.73 Å². The zero-order valence-electron chi connectivity index (χ0n) is 12.4. The molecule has 0 bridgehead atoms. The molecular weight excluding hydrogens is 352 g/mol. The molecule has 2 rings (SSSR count). The second kappa shape index (κ2) is 7.22. The van der Waals surface area contributed by atoms with E-state index >= 15 is 0 Å². The Morgan fingerprint density at radius 2 is 1.86 bits per heavy atom. The molecule has 1 fully saturated rings. The van der Waals surface area contributed by atoms with Crippen LogP contribution in [0.25, 0.3) is 0 Å². The largest absolute Gasteiger partial charge is 0.326 e. The molecule has 1 aliphatic rings. The third-order valence-electron chi connectivity index (χ3n) is 4.06. The minimum atomic E-state index is -3.50. The van der Waals surface area contributed by atoms with Crippen molar-refractivity contribution in [2.45, 2.75) is 62.9 Å². The van der Waals surface area contributed by atoms with Crippen LogP contribution in [0.15, 0.2) is 21.5 Å². The van der Waals surface area contributed by atoms with Crippen LogP contribution in [-0.4, -0.2) is 14.5 Å².